The van der Waals surface area contributed by atoms with Gasteiger partial charge in [-0.25, -0.2) is 11.0 Å². The molecule has 2 aliphatic rings. The first-order chi connectivity index (χ1) is 17.2. The van der Waals surface area contributed by atoms with E-state index >= 15 is 0 Å². The molecule has 0 spiro atoms. The van der Waals surface area contributed by atoms with Crippen molar-refractivity contribution in [2.75, 3.05) is 13.1 Å². The minimum Gasteiger partial charge on any atom is -0.460 e. The van der Waals surface area contributed by atoms with Gasteiger partial charge in [-0.1, -0.05) is 48.9 Å². The Balaban J connectivity index is 1.59. The molecule has 0 radical (unpaired) electrons. The molecular formula is C31H39FN2O2. The fraction of sp³-hybridized carbons (Fsp3) is 0.548. The van der Waals surface area contributed by atoms with Crippen molar-refractivity contribution in [3.63, 3.8) is 0 Å². The van der Waals surface area contributed by atoms with E-state index in [1.165, 1.54) is 11.6 Å². The number of nitrogens with zero attached hydrogens (tertiary/aromatic N) is 2. The Kier molecular flexibility index (Phi) is 8.15. The van der Waals surface area contributed by atoms with Crippen LogP contribution in [0.5, 0.6) is 0 Å². The summed E-state index contributed by atoms with van der Waals surface area (Å²) in [5, 5.41) is 0. The van der Waals surface area contributed by atoms with Crippen LogP contribution in [0.25, 0.3) is 4.85 Å². The van der Waals surface area contributed by atoms with Crippen LogP contribution >= 0.6 is 0 Å². The Morgan fingerprint density at radius 2 is 1.78 bits per heavy atom. The quantitative estimate of drug-likeness (QED) is 0.309. The molecule has 4 nitrogen and oxygen atoms in total. The summed E-state index contributed by atoms with van der Waals surface area (Å²) >= 11 is 0. The topological polar surface area (TPSA) is 33.9 Å². The summed E-state index contributed by atoms with van der Waals surface area (Å²) < 4.78 is 20.2. The van der Waals surface area contributed by atoms with Crippen molar-refractivity contribution >= 4 is 5.97 Å². The van der Waals surface area contributed by atoms with Gasteiger partial charge in [0.15, 0.2) is 0 Å². The van der Waals surface area contributed by atoms with Crippen LogP contribution in [0.3, 0.4) is 0 Å². The predicted octanol–water partition coefficient (Wildman–Crippen LogP) is 7.00. The molecule has 0 amide bonds. The van der Waals surface area contributed by atoms with E-state index in [1.54, 1.807) is 12.1 Å². The molecule has 192 valence electrons. The van der Waals surface area contributed by atoms with Gasteiger partial charge in [0.2, 0.25) is 0 Å². The highest BCUT2D eigenvalue weighted by atomic mass is 19.1. The number of hydrogen-bond acceptors (Lipinski definition) is 3. The highest BCUT2D eigenvalue weighted by molar-refractivity contribution is 5.70. The number of likely N-dealkylation sites (tertiary alicyclic amines) is 1. The first-order valence-corrected chi connectivity index (χ1v) is 13.3. The van der Waals surface area contributed by atoms with E-state index in [4.69, 9.17) is 11.3 Å². The maximum absolute atomic E-state index is 14.5. The summed E-state index contributed by atoms with van der Waals surface area (Å²) in [5.41, 5.74) is 0.714. The molecule has 5 heteroatoms. The molecule has 2 aromatic rings. The number of rotatable bonds is 7. The highest BCUT2D eigenvalue weighted by Gasteiger charge is 2.57. The standard InChI is InChI=1S/C31H39FN2O2/c1-30(2,3)36-29(35)20-24-12-8-15-28(24)31(33-4,26-13-9-14-27(32)21-26)25-16-18-34(19-17-25)22-23-10-6-5-7-11-23/h5-7,9-11,13-14,21,24-25,28H,8,12,15-20,22H2,1-3H3/t24-,28+,31-/m1/s1. The van der Waals surface area contributed by atoms with E-state index in [1.807, 2.05) is 32.9 Å². The maximum Gasteiger partial charge on any atom is 0.306 e. The Bertz CT molecular complexity index is 1070. The summed E-state index contributed by atoms with van der Waals surface area (Å²) in [6, 6.07) is 17.2. The zero-order valence-corrected chi connectivity index (χ0v) is 21.9. The van der Waals surface area contributed by atoms with Crippen LogP contribution in [-0.4, -0.2) is 29.6 Å². The molecule has 0 unspecified atom stereocenters. The van der Waals surface area contributed by atoms with E-state index in [9.17, 15) is 9.18 Å². The third kappa shape index (κ3) is 5.98. The number of hydrogen-bond donors (Lipinski definition) is 0. The van der Waals surface area contributed by atoms with E-state index in [0.29, 0.717) is 6.42 Å². The lowest BCUT2D eigenvalue weighted by atomic mass is 9.63. The minimum atomic E-state index is -0.829. The van der Waals surface area contributed by atoms with E-state index in [-0.39, 0.29) is 29.5 Å². The van der Waals surface area contributed by atoms with Crippen molar-refractivity contribution in [2.45, 2.75) is 77.0 Å². The van der Waals surface area contributed by atoms with Crippen molar-refractivity contribution in [3.05, 3.63) is 83.0 Å². The van der Waals surface area contributed by atoms with Crippen LogP contribution in [0.2, 0.25) is 0 Å². The molecule has 3 atom stereocenters. The zero-order chi connectivity index (χ0) is 25.8. The number of esters is 1. The number of halogens is 1. The number of benzene rings is 2. The third-order valence-corrected chi connectivity index (χ3v) is 8.00. The van der Waals surface area contributed by atoms with Gasteiger partial charge in [0.05, 0.1) is 0 Å². The van der Waals surface area contributed by atoms with Gasteiger partial charge in [-0.15, -0.1) is 0 Å². The molecule has 1 heterocycles. The van der Waals surface area contributed by atoms with E-state index < -0.39 is 11.1 Å². The Morgan fingerprint density at radius 1 is 1.06 bits per heavy atom. The van der Waals surface area contributed by atoms with Crippen molar-refractivity contribution in [1.29, 1.82) is 0 Å². The molecule has 1 saturated heterocycles. The molecule has 1 aliphatic carbocycles. The monoisotopic (exact) mass is 490 g/mol. The van der Waals surface area contributed by atoms with Gasteiger partial charge in [-0.2, -0.15) is 0 Å². The van der Waals surface area contributed by atoms with Crippen LogP contribution in [-0.2, 0) is 21.6 Å². The summed E-state index contributed by atoms with van der Waals surface area (Å²) in [6.45, 7) is 16.9. The second kappa shape index (κ2) is 11.1. The van der Waals surface area contributed by atoms with Crippen molar-refractivity contribution < 1.29 is 13.9 Å². The minimum absolute atomic E-state index is 0.00925. The van der Waals surface area contributed by atoms with Crippen molar-refractivity contribution in [3.8, 4) is 0 Å². The van der Waals surface area contributed by atoms with Gasteiger partial charge in [-0.05, 0) is 83.2 Å². The maximum atomic E-state index is 14.5. The fourth-order valence-corrected chi connectivity index (χ4v) is 6.56. The lowest BCUT2D eigenvalue weighted by Gasteiger charge is -2.42. The second-order valence-corrected chi connectivity index (χ2v) is 11.6. The van der Waals surface area contributed by atoms with Crippen LogP contribution in [0.1, 0.15) is 70.4 Å². The molecule has 0 N–H and O–H groups in total. The normalized spacial score (nSPS) is 23.1. The van der Waals surface area contributed by atoms with Crippen molar-refractivity contribution in [2.24, 2.45) is 17.8 Å². The first-order valence-electron chi connectivity index (χ1n) is 13.3. The van der Waals surface area contributed by atoms with Gasteiger partial charge >= 0.3 is 5.97 Å². The fourth-order valence-electron chi connectivity index (χ4n) is 6.56. The summed E-state index contributed by atoms with van der Waals surface area (Å²) in [7, 11) is 0. The molecule has 0 aromatic heterocycles. The van der Waals surface area contributed by atoms with Crippen molar-refractivity contribution in [1.82, 2.24) is 4.90 Å². The molecule has 2 aromatic carbocycles. The smallest absolute Gasteiger partial charge is 0.306 e. The van der Waals surface area contributed by atoms with Crippen LogP contribution in [0.15, 0.2) is 54.6 Å². The van der Waals surface area contributed by atoms with Crippen LogP contribution in [0.4, 0.5) is 4.39 Å². The molecule has 1 saturated carbocycles. The second-order valence-electron chi connectivity index (χ2n) is 11.6. The molecular weight excluding hydrogens is 451 g/mol. The zero-order valence-electron chi connectivity index (χ0n) is 21.9. The number of piperidine rings is 1. The van der Waals surface area contributed by atoms with Gasteiger partial charge in [-0.3, -0.25) is 9.69 Å². The molecule has 0 bridgehead atoms. The Hall–Kier alpha value is -2.71. The highest BCUT2D eigenvalue weighted by Crippen LogP contribution is 2.54. The average Bonchev–Trinajstić information content (AvgIpc) is 3.29. The molecule has 36 heavy (non-hydrogen) atoms. The summed E-state index contributed by atoms with van der Waals surface area (Å²) in [6.07, 6.45) is 4.88. The van der Waals surface area contributed by atoms with Crippen LogP contribution in [0, 0.1) is 30.1 Å². The lowest BCUT2D eigenvalue weighted by Crippen LogP contribution is -2.47. The van der Waals surface area contributed by atoms with Gasteiger partial charge in [0.1, 0.15) is 11.4 Å². The summed E-state index contributed by atoms with van der Waals surface area (Å²) in [4.78, 5) is 19.6. The molecule has 2 fully saturated rings. The molecule has 4 rings (SSSR count). The van der Waals surface area contributed by atoms with E-state index in [0.717, 1.165) is 57.3 Å². The van der Waals surface area contributed by atoms with Gasteiger partial charge in [0, 0.05) is 30.4 Å². The molecule has 1 aliphatic heterocycles. The van der Waals surface area contributed by atoms with E-state index in [2.05, 4.69) is 34.0 Å². The predicted molar refractivity (Wildman–Crippen MR) is 140 cm³/mol. The SMILES string of the molecule is [C-]#[N+][C@@](c1cccc(F)c1)(C1CCN(Cc2ccccc2)CC1)[C@H]1CCC[C@@H]1CC(=O)OC(C)(C)C. The Morgan fingerprint density at radius 3 is 2.42 bits per heavy atom. The number of carbonyl (C=O) groups is 1. The third-order valence-electron chi connectivity index (χ3n) is 8.00. The van der Waals surface area contributed by atoms with Crippen LogP contribution < -0.4 is 0 Å². The average molecular weight is 491 g/mol. The lowest BCUT2D eigenvalue weighted by molar-refractivity contribution is -0.156. The summed E-state index contributed by atoms with van der Waals surface area (Å²) in [5.74, 6) is -0.304. The number of ether oxygens (including phenoxy) is 1. The van der Waals surface area contributed by atoms with Gasteiger partial charge < -0.3 is 9.58 Å². The Labute approximate surface area is 215 Å². The first kappa shape index (κ1) is 26.4. The number of carbonyl (C=O) groups excluding carboxylic acids is 1. The largest absolute Gasteiger partial charge is 0.460 e. The van der Waals surface area contributed by atoms with Gasteiger partial charge in [0.25, 0.3) is 5.54 Å².